The van der Waals surface area contributed by atoms with Gasteiger partial charge in [0, 0.05) is 25.0 Å². The predicted octanol–water partition coefficient (Wildman–Crippen LogP) is 1.09. The molecule has 5 nitrogen and oxygen atoms in total. The summed E-state index contributed by atoms with van der Waals surface area (Å²) < 4.78 is 0. The van der Waals surface area contributed by atoms with Crippen molar-refractivity contribution in [2.75, 3.05) is 13.6 Å². The SMILES string of the molecule is CC(CNC(=O)CC(C)(C)C(=O)O)N(C)C1CC1. The molecule has 1 aliphatic carbocycles. The quantitative estimate of drug-likeness (QED) is 0.715. The number of carboxylic acid groups (broad SMARTS) is 1. The van der Waals surface area contributed by atoms with Crippen molar-refractivity contribution in [3.63, 3.8) is 0 Å². The molecule has 1 aliphatic rings. The summed E-state index contributed by atoms with van der Waals surface area (Å²) in [5.74, 6) is -1.14. The van der Waals surface area contributed by atoms with Gasteiger partial charge in [-0.15, -0.1) is 0 Å². The van der Waals surface area contributed by atoms with Gasteiger partial charge in [-0.3, -0.25) is 14.5 Å². The Morgan fingerprint density at radius 1 is 1.44 bits per heavy atom. The molecule has 2 N–H and O–H groups in total. The highest BCUT2D eigenvalue weighted by Crippen LogP contribution is 2.26. The van der Waals surface area contributed by atoms with E-state index in [1.807, 2.05) is 0 Å². The number of aliphatic carboxylic acids is 1. The van der Waals surface area contributed by atoms with Crippen LogP contribution in [0.25, 0.3) is 0 Å². The lowest BCUT2D eigenvalue weighted by molar-refractivity contribution is -0.149. The molecule has 0 aromatic carbocycles. The predicted molar refractivity (Wildman–Crippen MR) is 69.3 cm³/mol. The molecule has 0 radical (unpaired) electrons. The fraction of sp³-hybridized carbons (Fsp3) is 0.846. The summed E-state index contributed by atoms with van der Waals surface area (Å²) in [6, 6.07) is 0.946. The topological polar surface area (TPSA) is 69.6 Å². The molecule has 1 amide bonds. The van der Waals surface area contributed by atoms with Gasteiger partial charge in [-0.25, -0.2) is 0 Å². The minimum Gasteiger partial charge on any atom is -0.481 e. The average molecular weight is 256 g/mol. The Kier molecular flexibility index (Phi) is 4.73. The summed E-state index contributed by atoms with van der Waals surface area (Å²) in [6.07, 6.45) is 2.49. The number of hydrogen-bond acceptors (Lipinski definition) is 3. The summed E-state index contributed by atoms with van der Waals surface area (Å²) in [7, 11) is 2.07. The molecular formula is C13H24N2O3. The molecule has 1 atom stereocenters. The van der Waals surface area contributed by atoms with E-state index in [1.165, 1.54) is 12.8 Å². The Labute approximate surface area is 109 Å². The van der Waals surface area contributed by atoms with E-state index in [0.29, 0.717) is 12.6 Å². The van der Waals surface area contributed by atoms with Crippen molar-refractivity contribution >= 4 is 11.9 Å². The Hall–Kier alpha value is -1.10. The zero-order valence-electron chi connectivity index (χ0n) is 11.7. The van der Waals surface area contributed by atoms with Crippen LogP contribution >= 0.6 is 0 Å². The second kappa shape index (κ2) is 5.69. The van der Waals surface area contributed by atoms with Crippen molar-refractivity contribution < 1.29 is 14.7 Å². The molecule has 1 fully saturated rings. The fourth-order valence-corrected chi connectivity index (χ4v) is 1.79. The fourth-order valence-electron chi connectivity index (χ4n) is 1.79. The molecule has 0 bridgehead atoms. The van der Waals surface area contributed by atoms with Gasteiger partial charge < -0.3 is 10.4 Å². The number of rotatable bonds is 7. The molecule has 0 spiro atoms. The van der Waals surface area contributed by atoms with E-state index in [0.717, 1.165) is 0 Å². The van der Waals surface area contributed by atoms with Crippen LogP contribution in [0.2, 0.25) is 0 Å². The number of nitrogens with one attached hydrogen (secondary N) is 1. The zero-order chi connectivity index (χ0) is 13.9. The van der Waals surface area contributed by atoms with E-state index >= 15 is 0 Å². The number of carbonyl (C=O) groups is 2. The molecule has 18 heavy (non-hydrogen) atoms. The molecule has 1 unspecified atom stereocenters. The van der Waals surface area contributed by atoms with Crippen LogP contribution in [0.1, 0.15) is 40.0 Å². The van der Waals surface area contributed by atoms with Crippen LogP contribution in [0.15, 0.2) is 0 Å². The van der Waals surface area contributed by atoms with Crippen molar-refractivity contribution in [1.82, 2.24) is 10.2 Å². The maximum atomic E-state index is 11.7. The zero-order valence-corrected chi connectivity index (χ0v) is 11.7. The van der Waals surface area contributed by atoms with Crippen LogP contribution in [0.4, 0.5) is 0 Å². The van der Waals surface area contributed by atoms with Gasteiger partial charge in [0.2, 0.25) is 5.91 Å². The maximum absolute atomic E-state index is 11.7. The van der Waals surface area contributed by atoms with Gasteiger partial charge in [0.15, 0.2) is 0 Å². The van der Waals surface area contributed by atoms with Crippen molar-refractivity contribution in [3.05, 3.63) is 0 Å². The Morgan fingerprint density at radius 2 is 2.00 bits per heavy atom. The molecule has 0 heterocycles. The Morgan fingerprint density at radius 3 is 2.44 bits per heavy atom. The monoisotopic (exact) mass is 256 g/mol. The van der Waals surface area contributed by atoms with Crippen LogP contribution in [-0.4, -0.2) is 47.6 Å². The number of amides is 1. The third kappa shape index (κ3) is 4.29. The summed E-state index contributed by atoms with van der Waals surface area (Å²) in [5.41, 5.74) is -1.00. The first-order valence-corrected chi connectivity index (χ1v) is 6.46. The largest absolute Gasteiger partial charge is 0.481 e. The molecule has 1 saturated carbocycles. The molecular weight excluding hydrogens is 232 g/mol. The van der Waals surface area contributed by atoms with Crippen LogP contribution in [-0.2, 0) is 9.59 Å². The van der Waals surface area contributed by atoms with Gasteiger partial charge in [-0.1, -0.05) is 0 Å². The molecule has 5 heteroatoms. The highest BCUT2D eigenvalue weighted by Gasteiger charge is 2.31. The lowest BCUT2D eigenvalue weighted by atomic mass is 9.89. The van der Waals surface area contributed by atoms with Crippen LogP contribution in [0, 0.1) is 5.41 Å². The Balaban J connectivity index is 2.30. The smallest absolute Gasteiger partial charge is 0.309 e. The molecule has 104 valence electrons. The highest BCUT2D eigenvalue weighted by molar-refractivity contribution is 5.84. The van der Waals surface area contributed by atoms with Crippen molar-refractivity contribution in [1.29, 1.82) is 0 Å². The van der Waals surface area contributed by atoms with Gasteiger partial charge in [-0.05, 0) is 40.7 Å². The van der Waals surface area contributed by atoms with Gasteiger partial charge in [0.05, 0.1) is 5.41 Å². The minimum absolute atomic E-state index is 0.0161. The van der Waals surface area contributed by atoms with E-state index < -0.39 is 11.4 Å². The third-order valence-corrected chi connectivity index (χ3v) is 3.59. The number of carboxylic acids is 1. The molecule has 0 aliphatic heterocycles. The minimum atomic E-state index is -1.00. The van der Waals surface area contributed by atoms with E-state index in [4.69, 9.17) is 5.11 Å². The molecule has 0 saturated heterocycles. The standard InChI is InChI=1S/C13H24N2O3/c1-9(15(4)10-5-6-10)8-14-11(16)7-13(2,3)12(17)18/h9-10H,5-8H2,1-4H3,(H,14,16)(H,17,18). The van der Waals surface area contributed by atoms with Crippen molar-refractivity contribution in [3.8, 4) is 0 Å². The summed E-state index contributed by atoms with van der Waals surface area (Å²) >= 11 is 0. The summed E-state index contributed by atoms with van der Waals surface area (Å²) in [6.45, 7) is 5.77. The first-order chi connectivity index (χ1) is 8.24. The van der Waals surface area contributed by atoms with Crippen LogP contribution < -0.4 is 5.32 Å². The van der Waals surface area contributed by atoms with Crippen LogP contribution in [0.3, 0.4) is 0 Å². The first-order valence-electron chi connectivity index (χ1n) is 6.46. The van der Waals surface area contributed by atoms with Gasteiger partial charge in [-0.2, -0.15) is 0 Å². The lowest BCUT2D eigenvalue weighted by Crippen LogP contribution is -2.42. The van der Waals surface area contributed by atoms with Crippen LogP contribution in [0.5, 0.6) is 0 Å². The summed E-state index contributed by atoms with van der Waals surface area (Å²) in [5, 5.41) is 11.8. The van der Waals surface area contributed by atoms with E-state index in [2.05, 4.69) is 24.2 Å². The maximum Gasteiger partial charge on any atom is 0.309 e. The molecule has 1 rings (SSSR count). The van der Waals surface area contributed by atoms with E-state index in [9.17, 15) is 9.59 Å². The third-order valence-electron chi connectivity index (χ3n) is 3.59. The van der Waals surface area contributed by atoms with E-state index in [-0.39, 0.29) is 18.4 Å². The number of nitrogens with zero attached hydrogens (tertiary/aromatic N) is 1. The second-order valence-electron chi connectivity index (χ2n) is 5.92. The Bertz CT molecular complexity index is 324. The normalized spacial score (nSPS) is 17.6. The van der Waals surface area contributed by atoms with Gasteiger partial charge in [0.25, 0.3) is 0 Å². The van der Waals surface area contributed by atoms with Crippen molar-refractivity contribution in [2.45, 2.75) is 52.1 Å². The molecule has 0 aromatic rings. The number of carbonyl (C=O) groups excluding carboxylic acids is 1. The summed E-state index contributed by atoms with van der Waals surface area (Å²) in [4.78, 5) is 24.9. The average Bonchev–Trinajstić information content (AvgIpc) is 3.07. The number of hydrogen-bond donors (Lipinski definition) is 2. The second-order valence-corrected chi connectivity index (χ2v) is 5.92. The number of likely N-dealkylation sites (N-methyl/N-ethyl adjacent to an activating group) is 1. The van der Waals surface area contributed by atoms with Gasteiger partial charge in [0.1, 0.15) is 0 Å². The van der Waals surface area contributed by atoms with Gasteiger partial charge >= 0.3 is 5.97 Å². The van der Waals surface area contributed by atoms with Crippen molar-refractivity contribution in [2.24, 2.45) is 5.41 Å². The lowest BCUT2D eigenvalue weighted by Gasteiger charge is -2.25. The highest BCUT2D eigenvalue weighted by atomic mass is 16.4. The van der Waals surface area contributed by atoms with E-state index in [1.54, 1.807) is 13.8 Å². The first kappa shape index (κ1) is 15.0. The molecule has 0 aromatic heterocycles.